The van der Waals surface area contributed by atoms with Crippen molar-refractivity contribution in [2.45, 2.75) is 0 Å². The summed E-state index contributed by atoms with van der Waals surface area (Å²) in [7, 11) is 1.26. The van der Waals surface area contributed by atoms with E-state index in [4.69, 9.17) is 5.73 Å². The van der Waals surface area contributed by atoms with Gasteiger partial charge in [0, 0.05) is 5.69 Å². The summed E-state index contributed by atoms with van der Waals surface area (Å²) >= 11 is 0. The fourth-order valence-corrected chi connectivity index (χ4v) is 1.10. The molecule has 0 fully saturated rings. The van der Waals surface area contributed by atoms with Gasteiger partial charge in [-0.1, -0.05) is 18.2 Å². The van der Waals surface area contributed by atoms with Crippen LogP contribution in [0.4, 0.5) is 10.5 Å². The largest absolute Gasteiger partial charge is 0.468 e. The topological polar surface area (TPSA) is 72.6 Å². The lowest BCUT2D eigenvalue weighted by Gasteiger charge is -2.18. The van der Waals surface area contributed by atoms with Crippen molar-refractivity contribution in [2.24, 2.45) is 5.73 Å². The van der Waals surface area contributed by atoms with Crippen LogP contribution in [-0.2, 0) is 9.53 Å². The molecule has 0 aliphatic heterocycles. The first-order valence-corrected chi connectivity index (χ1v) is 4.34. The van der Waals surface area contributed by atoms with Gasteiger partial charge in [0.25, 0.3) is 0 Å². The maximum Gasteiger partial charge on any atom is 0.325 e. The number of rotatable bonds is 3. The molecule has 1 aromatic rings. The quantitative estimate of drug-likeness (QED) is 0.745. The van der Waals surface area contributed by atoms with Crippen LogP contribution >= 0.6 is 0 Å². The third-order valence-corrected chi connectivity index (χ3v) is 1.85. The number of nitrogens with two attached hydrogens (primary N) is 1. The summed E-state index contributed by atoms with van der Waals surface area (Å²) in [5, 5.41) is 0. The summed E-state index contributed by atoms with van der Waals surface area (Å²) in [6.45, 7) is -0.185. The highest BCUT2D eigenvalue weighted by Gasteiger charge is 2.16. The number of urea groups is 1. The van der Waals surface area contributed by atoms with Gasteiger partial charge in [0.15, 0.2) is 0 Å². The van der Waals surface area contributed by atoms with Crippen LogP contribution in [0.1, 0.15) is 0 Å². The lowest BCUT2D eigenvalue weighted by Crippen LogP contribution is -2.39. The molecule has 0 atom stereocenters. The number of methoxy groups -OCH3 is 1. The molecule has 0 heterocycles. The number of hydrogen-bond acceptors (Lipinski definition) is 3. The number of para-hydroxylation sites is 1. The molecule has 2 N–H and O–H groups in total. The van der Waals surface area contributed by atoms with Gasteiger partial charge in [0.2, 0.25) is 0 Å². The number of amides is 2. The molecule has 15 heavy (non-hydrogen) atoms. The van der Waals surface area contributed by atoms with Crippen molar-refractivity contribution in [3.8, 4) is 0 Å². The van der Waals surface area contributed by atoms with E-state index in [-0.39, 0.29) is 6.54 Å². The number of carbonyl (C=O) groups is 2. The van der Waals surface area contributed by atoms with Crippen LogP contribution in [0.2, 0.25) is 0 Å². The zero-order valence-electron chi connectivity index (χ0n) is 8.34. The number of anilines is 1. The van der Waals surface area contributed by atoms with Crippen molar-refractivity contribution in [1.29, 1.82) is 0 Å². The molecule has 80 valence electrons. The van der Waals surface area contributed by atoms with E-state index >= 15 is 0 Å². The molecule has 5 heteroatoms. The zero-order valence-corrected chi connectivity index (χ0v) is 8.34. The summed E-state index contributed by atoms with van der Waals surface area (Å²) in [6, 6.07) is 8.00. The number of hydrogen-bond donors (Lipinski definition) is 1. The number of carbonyl (C=O) groups excluding carboxylic acids is 2. The summed E-state index contributed by atoms with van der Waals surface area (Å²) in [6.07, 6.45) is 0. The molecule has 0 aliphatic rings. The van der Waals surface area contributed by atoms with Gasteiger partial charge < -0.3 is 10.5 Å². The Labute approximate surface area is 87.4 Å². The number of nitrogens with zero attached hydrogens (tertiary/aromatic N) is 1. The maximum atomic E-state index is 11.1. The van der Waals surface area contributed by atoms with Crippen LogP contribution in [-0.4, -0.2) is 25.7 Å². The van der Waals surface area contributed by atoms with Gasteiger partial charge in [0.05, 0.1) is 7.11 Å². The summed E-state index contributed by atoms with van der Waals surface area (Å²) in [5.74, 6) is -0.516. The Morgan fingerprint density at radius 3 is 2.40 bits per heavy atom. The van der Waals surface area contributed by atoms with Crippen LogP contribution in [0, 0.1) is 0 Å². The molecule has 0 aliphatic carbocycles. The van der Waals surface area contributed by atoms with Gasteiger partial charge in [-0.3, -0.25) is 9.69 Å². The molecule has 0 unspecified atom stereocenters. The minimum atomic E-state index is -0.688. The Hall–Kier alpha value is -2.04. The minimum Gasteiger partial charge on any atom is -0.468 e. The fraction of sp³-hybridized carbons (Fsp3) is 0.200. The molecular formula is C10H12N2O3. The number of esters is 1. The highest BCUT2D eigenvalue weighted by Crippen LogP contribution is 2.12. The van der Waals surface area contributed by atoms with Crippen molar-refractivity contribution >= 4 is 17.7 Å². The molecule has 0 saturated heterocycles. The lowest BCUT2D eigenvalue weighted by atomic mass is 10.3. The van der Waals surface area contributed by atoms with E-state index in [9.17, 15) is 9.59 Å². The third-order valence-electron chi connectivity index (χ3n) is 1.85. The standard InChI is InChI=1S/C10H12N2O3/c1-15-9(13)7-12(10(11)14)8-5-3-2-4-6-8/h2-6H,7H2,1H3,(H2,11,14). The van der Waals surface area contributed by atoms with Crippen LogP contribution in [0.25, 0.3) is 0 Å². The van der Waals surface area contributed by atoms with Crippen LogP contribution in [0.15, 0.2) is 30.3 Å². The average molecular weight is 208 g/mol. The van der Waals surface area contributed by atoms with Crippen LogP contribution in [0.5, 0.6) is 0 Å². The second kappa shape index (κ2) is 4.99. The van der Waals surface area contributed by atoms with Gasteiger partial charge >= 0.3 is 12.0 Å². The minimum absolute atomic E-state index is 0.185. The summed E-state index contributed by atoms with van der Waals surface area (Å²) in [5.41, 5.74) is 5.72. The van der Waals surface area contributed by atoms with Crippen molar-refractivity contribution in [3.05, 3.63) is 30.3 Å². The van der Waals surface area contributed by atoms with E-state index < -0.39 is 12.0 Å². The van der Waals surface area contributed by atoms with Gasteiger partial charge in [-0.05, 0) is 12.1 Å². The Bertz CT molecular complexity index is 351. The highest BCUT2D eigenvalue weighted by atomic mass is 16.5. The lowest BCUT2D eigenvalue weighted by molar-refractivity contribution is -0.138. The third kappa shape index (κ3) is 2.98. The highest BCUT2D eigenvalue weighted by molar-refractivity contribution is 5.95. The average Bonchev–Trinajstić information content (AvgIpc) is 2.26. The van der Waals surface area contributed by atoms with Gasteiger partial charge in [-0.2, -0.15) is 0 Å². The summed E-state index contributed by atoms with van der Waals surface area (Å²) in [4.78, 5) is 23.3. The monoisotopic (exact) mass is 208 g/mol. The van der Waals surface area contributed by atoms with Crippen molar-refractivity contribution < 1.29 is 14.3 Å². The first-order valence-electron chi connectivity index (χ1n) is 4.34. The smallest absolute Gasteiger partial charge is 0.325 e. The molecule has 5 nitrogen and oxygen atoms in total. The predicted molar refractivity (Wildman–Crippen MR) is 55.4 cm³/mol. The van der Waals surface area contributed by atoms with E-state index in [1.807, 2.05) is 0 Å². The van der Waals surface area contributed by atoms with Crippen LogP contribution < -0.4 is 10.6 Å². The van der Waals surface area contributed by atoms with E-state index in [0.29, 0.717) is 5.69 Å². The molecule has 1 rings (SSSR count). The molecule has 0 spiro atoms. The van der Waals surface area contributed by atoms with Gasteiger partial charge in [-0.25, -0.2) is 4.79 Å². The van der Waals surface area contributed by atoms with Gasteiger partial charge in [-0.15, -0.1) is 0 Å². The van der Waals surface area contributed by atoms with E-state index in [2.05, 4.69) is 4.74 Å². The van der Waals surface area contributed by atoms with Gasteiger partial charge in [0.1, 0.15) is 6.54 Å². The normalized spacial score (nSPS) is 9.40. The Morgan fingerprint density at radius 1 is 1.33 bits per heavy atom. The van der Waals surface area contributed by atoms with Crippen molar-refractivity contribution in [3.63, 3.8) is 0 Å². The maximum absolute atomic E-state index is 11.1. The molecule has 1 aromatic carbocycles. The molecule has 2 amide bonds. The number of primary amides is 1. The molecule has 0 saturated carbocycles. The fourth-order valence-electron chi connectivity index (χ4n) is 1.10. The van der Waals surface area contributed by atoms with Crippen LogP contribution in [0.3, 0.4) is 0 Å². The molecule has 0 aromatic heterocycles. The molecule has 0 bridgehead atoms. The van der Waals surface area contributed by atoms with Crippen molar-refractivity contribution in [2.75, 3.05) is 18.6 Å². The number of benzene rings is 1. The van der Waals surface area contributed by atoms with E-state index in [1.165, 1.54) is 7.11 Å². The molecular weight excluding hydrogens is 196 g/mol. The second-order valence-corrected chi connectivity index (χ2v) is 2.84. The first kappa shape index (κ1) is 11.0. The zero-order chi connectivity index (χ0) is 11.3. The Morgan fingerprint density at radius 2 is 1.93 bits per heavy atom. The predicted octanol–water partition coefficient (Wildman–Crippen LogP) is 0.745. The number of ether oxygens (including phenoxy) is 1. The Kier molecular flexibility index (Phi) is 3.68. The van der Waals surface area contributed by atoms with E-state index in [1.54, 1.807) is 30.3 Å². The molecule has 0 radical (unpaired) electrons. The first-order chi connectivity index (χ1) is 7.15. The second-order valence-electron chi connectivity index (χ2n) is 2.84. The Balaban J connectivity index is 2.84. The van der Waals surface area contributed by atoms with Crippen molar-refractivity contribution in [1.82, 2.24) is 0 Å². The SMILES string of the molecule is COC(=O)CN(C(N)=O)c1ccccc1. The summed E-state index contributed by atoms with van der Waals surface area (Å²) < 4.78 is 4.46. The van der Waals surface area contributed by atoms with E-state index in [0.717, 1.165) is 4.90 Å².